The summed E-state index contributed by atoms with van der Waals surface area (Å²) in [6, 6.07) is 1.48. The lowest BCUT2D eigenvalue weighted by Gasteiger charge is -2.39. The van der Waals surface area contributed by atoms with E-state index in [0.29, 0.717) is 25.9 Å². The Kier molecular flexibility index (Phi) is 18.3. The molecule has 7 nitrogen and oxygen atoms in total. The lowest BCUT2D eigenvalue weighted by molar-refractivity contribution is 0.0719. The molecule has 190 valence electrons. The average molecular weight is 549 g/mol. The van der Waals surface area contributed by atoms with Crippen LogP contribution in [0.3, 0.4) is 0 Å². The van der Waals surface area contributed by atoms with Crippen molar-refractivity contribution in [3.05, 3.63) is 0 Å². The molecule has 0 bridgehead atoms. The second kappa shape index (κ2) is 16.6. The van der Waals surface area contributed by atoms with Crippen molar-refractivity contribution in [2.75, 3.05) is 19.8 Å². The molecule has 0 aromatic heterocycles. The van der Waals surface area contributed by atoms with E-state index in [4.69, 9.17) is 29.7 Å². The minimum Gasteiger partial charge on any atom is -0.442 e. The maximum atomic E-state index is 6.65. The predicted octanol–water partition coefficient (Wildman–Crippen LogP) is 4.72. The highest BCUT2D eigenvalue weighted by molar-refractivity contribution is 6.86. The molecule has 0 N–H and O–H groups in total. The molecule has 0 radical (unpaired) electrons. The molecule has 0 aliphatic heterocycles. The van der Waals surface area contributed by atoms with E-state index in [2.05, 4.69) is 52.4 Å². The fourth-order valence-corrected chi connectivity index (χ4v) is 25.3. The summed E-state index contributed by atoms with van der Waals surface area (Å²) in [7, 11) is -11.5. The van der Waals surface area contributed by atoms with Crippen LogP contribution >= 0.6 is 0 Å². The highest BCUT2D eigenvalue weighted by Crippen LogP contribution is 2.28. The van der Waals surface area contributed by atoms with Crippen molar-refractivity contribution in [1.82, 2.24) is 0 Å². The van der Waals surface area contributed by atoms with E-state index >= 15 is 0 Å². The van der Waals surface area contributed by atoms with Crippen molar-refractivity contribution in [3.63, 3.8) is 0 Å². The van der Waals surface area contributed by atoms with Crippen LogP contribution in [-0.2, 0) is 29.7 Å². The first-order valence-corrected chi connectivity index (χ1v) is 26.6. The molecule has 0 aliphatic carbocycles. The monoisotopic (exact) mass is 548 g/mol. The molecule has 0 heterocycles. The zero-order valence-electron chi connectivity index (χ0n) is 22.7. The van der Waals surface area contributed by atoms with Gasteiger partial charge in [0.15, 0.2) is 8.32 Å². The summed E-state index contributed by atoms with van der Waals surface area (Å²) in [5.74, 6) is 0. The summed E-state index contributed by atoms with van der Waals surface area (Å²) in [4.78, 5) is 0. The van der Waals surface area contributed by atoms with Gasteiger partial charge in [-0.25, -0.2) is 0 Å². The quantitative estimate of drug-likeness (QED) is 0.244. The second-order valence-corrected chi connectivity index (χ2v) is 26.6. The lowest BCUT2D eigenvalue weighted by atomic mass is 10.9. The van der Waals surface area contributed by atoms with Crippen LogP contribution in [0.5, 0.6) is 0 Å². The minimum atomic E-state index is -2.74. The Balaban J connectivity index is 0. The topological polar surface area (TPSA) is 64.6 Å². The molecule has 0 aromatic rings. The standard InChI is InChI=1S/C16H46O7Si6.C2H6/c1-12-17-29(18-13-2,19-14-3)16-15-28(11,23-26(6,7)8)22-25(5)21-27(9,10)20-24-4;1-2/h25H,12-16,24H2,1-11H3;1-2H3. The molecule has 2 atom stereocenters. The largest absolute Gasteiger partial charge is 0.500 e. The van der Waals surface area contributed by atoms with Gasteiger partial charge in [0.2, 0.25) is 0 Å². The molecular weight excluding hydrogens is 497 g/mol. The van der Waals surface area contributed by atoms with Crippen molar-refractivity contribution in [2.45, 2.75) is 99.1 Å². The Morgan fingerprint density at radius 3 is 1.55 bits per heavy atom. The minimum absolute atomic E-state index is 0.502. The third-order valence-electron chi connectivity index (χ3n) is 3.86. The van der Waals surface area contributed by atoms with E-state index in [1.165, 1.54) is 0 Å². The fourth-order valence-electron chi connectivity index (χ4n) is 3.32. The zero-order valence-corrected chi connectivity index (χ0v) is 29.2. The molecule has 0 aliphatic rings. The van der Waals surface area contributed by atoms with E-state index in [9.17, 15) is 0 Å². The van der Waals surface area contributed by atoms with Gasteiger partial charge in [-0.3, -0.25) is 0 Å². The van der Waals surface area contributed by atoms with E-state index in [1.54, 1.807) is 0 Å². The maximum absolute atomic E-state index is 6.65. The van der Waals surface area contributed by atoms with Gasteiger partial charge in [0.1, 0.15) is 9.76 Å². The molecular formula is C18H52O7Si6. The first kappa shape index (κ1) is 34.2. The SMILES string of the molecule is CC.CCO[Si](CC[Si](C)(O[SiH](C)O[Si](C)(C)O[SiH2]C)O[Si](C)(C)C)(OCC)OCC. The van der Waals surface area contributed by atoms with Crippen LogP contribution in [0.4, 0.5) is 0 Å². The number of rotatable bonds is 17. The normalized spacial score (nSPS) is 16.2. The van der Waals surface area contributed by atoms with Gasteiger partial charge in [0.25, 0.3) is 0 Å². The van der Waals surface area contributed by atoms with Gasteiger partial charge in [-0.05, 0) is 72.6 Å². The number of hydrogen-bond donors (Lipinski definition) is 0. The van der Waals surface area contributed by atoms with E-state index in [1.807, 2.05) is 34.6 Å². The Bertz CT molecular complexity index is 437. The molecule has 31 heavy (non-hydrogen) atoms. The van der Waals surface area contributed by atoms with Gasteiger partial charge < -0.3 is 29.7 Å². The predicted molar refractivity (Wildman–Crippen MR) is 146 cm³/mol. The van der Waals surface area contributed by atoms with Crippen molar-refractivity contribution in [1.29, 1.82) is 0 Å². The van der Waals surface area contributed by atoms with Crippen LogP contribution in [0.15, 0.2) is 0 Å². The third kappa shape index (κ3) is 16.3. The van der Waals surface area contributed by atoms with Crippen LogP contribution in [0.1, 0.15) is 34.6 Å². The highest BCUT2D eigenvalue weighted by Gasteiger charge is 2.47. The Hall–Kier alpha value is 1.02. The van der Waals surface area contributed by atoms with Gasteiger partial charge in [0.05, 0.1) is 0 Å². The summed E-state index contributed by atoms with van der Waals surface area (Å²) in [6.45, 7) is 28.9. The Morgan fingerprint density at radius 2 is 1.19 bits per heavy atom. The van der Waals surface area contributed by atoms with Crippen LogP contribution in [-0.4, -0.2) is 73.1 Å². The summed E-state index contributed by atoms with van der Waals surface area (Å²) in [6.07, 6.45) is 0. The average Bonchev–Trinajstić information content (AvgIpc) is 2.60. The summed E-state index contributed by atoms with van der Waals surface area (Å²) in [5.41, 5.74) is 0. The molecule has 2 unspecified atom stereocenters. The molecule has 13 heteroatoms. The van der Waals surface area contributed by atoms with Gasteiger partial charge >= 0.3 is 35.2 Å². The van der Waals surface area contributed by atoms with E-state index in [0.717, 1.165) is 6.04 Å². The Labute approximate surface area is 201 Å². The van der Waals surface area contributed by atoms with E-state index in [-0.39, 0.29) is 0 Å². The number of hydrogen-bond acceptors (Lipinski definition) is 7. The smallest absolute Gasteiger partial charge is 0.442 e. The molecule has 0 rings (SSSR count). The van der Waals surface area contributed by atoms with Crippen molar-refractivity contribution >= 4 is 53.3 Å². The van der Waals surface area contributed by atoms with Crippen LogP contribution in [0.25, 0.3) is 0 Å². The van der Waals surface area contributed by atoms with Gasteiger partial charge in [0, 0.05) is 25.9 Å². The van der Waals surface area contributed by atoms with Crippen LogP contribution in [0.2, 0.25) is 64.5 Å². The summed E-state index contributed by atoms with van der Waals surface area (Å²) in [5, 5.41) is 0. The molecule has 0 spiro atoms. The van der Waals surface area contributed by atoms with Gasteiger partial charge in [-0.2, -0.15) is 0 Å². The lowest BCUT2D eigenvalue weighted by Crippen LogP contribution is -2.55. The van der Waals surface area contributed by atoms with Crippen molar-refractivity contribution in [3.8, 4) is 0 Å². The maximum Gasteiger partial charge on any atom is 0.500 e. The van der Waals surface area contributed by atoms with Crippen molar-refractivity contribution < 1.29 is 29.7 Å². The zero-order chi connectivity index (χ0) is 24.8. The van der Waals surface area contributed by atoms with Gasteiger partial charge in [-0.1, -0.05) is 20.4 Å². The first-order chi connectivity index (χ1) is 14.3. The molecule has 0 saturated carbocycles. The molecule has 0 amide bonds. The first-order valence-electron chi connectivity index (χ1n) is 11.9. The Morgan fingerprint density at radius 1 is 0.742 bits per heavy atom. The van der Waals surface area contributed by atoms with Crippen LogP contribution < -0.4 is 0 Å². The summed E-state index contributed by atoms with van der Waals surface area (Å²) >= 11 is 0. The summed E-state index contributed by atoms with van der Waals surface area (Å²) < 4.78 is 43.7. The van der Waals surface area contributed by atoms with E-state index < -0.39 is 53.3 Å². The second-order valence-electron chi connectivity index (χ2n) is 8.47. The fraction of sp³-hybridized carbons (Fsp3) is 1.00. The molecule has 0 saturated heterocycles. The highest BCUT2D eigenvalue weighted by atomic mass is 28.5. The van der Waals surface area contributed by atoms with Crippen LogP contribution in [0, 0.1) is 0 Å². The van der Waals surface area contributed by atoms with Gasteiger partial charge in [-0.15, -0.1) is 0 Å². The molecule has 0 fully saturated rings. The third-order valence-corrected chi connectivity index (χ3v) is 23.6. The molecule has 0 aromatic carbocycles. The van der Waals surface area contributed by atoms with Crippen molar-refractivity contribution in [2.24, 2.45) is 0 Å².